The van der Waals surface area contributed by atoms with Crippen molar-refractivity contribution >= 4 is 0 Å². The fourth-order valence-electron chi connectivity index (χ4n) is 2.04. The van der Waals surface area contributed by atoms with Crippen LogP contribution in [-0.4, -0.2) is 72.0 Å². The summed E-state index contributed by atoms with van der Waals surface area (Å²) in [6, 6.07) is 0. The molecule has 1 atom stereocenters. The predicted octanol–water partition coefficient (Wildman–Crippen LogP) is 0.147. The first-order chi connectivity index (χ1) is 7.76. The Kier molecular flexibility index (Phi) is 6.96. The van der Waals surface area contributed by atoms with Gasteiger partial charge >= 0.3 is 0 Å². The summed E-state index contributed by atoms with van der Waals surface area (Å²) in [5.41, 5.74) is 0. The second-order valence-corrected chi connectivity index (χ2v) is 4.66. The van der Waals surface area contributed by atoms with Crippen molar-refractivity contribution in [2.75, 3.05) is 45.9 Å². The zero-order valence-corrected chi connectivity index (χ0v) is 10.4. The van der Waals surface area contributed by atoms with Crippen molar-refractivity contribution in [2.45, 2.75) is 32.3 Å². The highest BCUT2D eigenvalue weighted by molar-refractivity contribution is 4.72. The smallest absolute Gasteiger partial charge is 0.0783 e. The first-order valence-electron chi connectivity index (χ1n) is 6.50. The van der Waals surface area contributed by atoms with E-state index in [4.69, 9.17) is 5.11 Å². The number of unbranched alkanes of at least 4 members (excludes halogenated alkanes) is 1. The lowest BCUT2D eigenvalue weighted by Crippen LogP contribution is -2.47. The first kappa shape index (κ1) is 13.9. The predicted molar refractivity (Wildman–Crippen MR) is 65.5 cm³/mol. The summed E-state index contributed by atoms with van der Waals surface area (Å²) in [4.78, 5) is 4.89. The molecule has 0 bridgehead atoms. The number of hydrogen-bond acceptors (Lipinski definition) is 4. The third kappa shape index (κ3) is 5.25. The Bertz CT molecular complexity index is 170. The number of nitrogens with zero attached hydrogens (tertiary/aromatic N) is 2. The molecule has 0 radical (unpaired) electrons. The van der Waals surface area contributed by atoms with Gasteiger partial charge in [-0.1, -0.05) is 13.3 Å². The number of rotatable bonds is 7. The van der Waals surface area contributed by atoms with E-state index < -0.39 is 6.10 Å². The van der Waals surface area contributed by atoms with E-state index in [0.717, 1.165) is 32.7 Å². The minimum Gasteiger partial charge on any atom is -0.394 e. The molecule has 2 N–H and O–H groups in total. The van der Waals surface area contributed by atoms with Crippen LogP contribution in [0, 0.1) is 0 Å². The third-order valence-corrected chi connectivity index (χ3v) is 3.28. The van der Waals surface area contributed by atoms with Crippen LogP contribution in [0.25, 0.3) is 0 Å². The van der Waals surface area contributed by atoms with Gasteiger partial charge in [0, 0.05) is 32.7 Å². The average Bonchev–Trinajstić information content (AvgIpc) is 2.34. The summed E-state index contributed by atoms with van der Waals surface area (Å²) in [5, 5.41) is 18.0. The molecule has 1 rings (SSSR count). The van der Waals surface area contributed by atoms with Crippen molar-refractivity contribution in [3.63, 3.8) is 0 Å². The Morgan fingerprint density at radius 3 is 2.12 bits per heavy atom. The molecule has 0 aromatic carbocycles. The summed E-state index contributed by atoms with van der Waals surface area (Å²) < 4.78 is 0. The van der Waals surface area contributed by atoms with E-state index in [0.29, 0.717) is 6.42 Å². The van der Waals surface area contributed by atoms with Gasteiger partial charge in [-0.2, -0.15) is 0 Å². The van der Waals surface area contributed by atoms with Crippen LogP contribution in [-0.2, 0) is 0 Å². The number of hydrogen-bond donors (Lipinski definition) is 2. The Labute approximate surface area is 98.9 Å². The minimum atomic E-state index is -0.543. The molecule has 1 saturated heterocycles. The molecule has 0 amide bonds. The maximum atomic E-state index is 9.27. The standard InChI is InChI=1S/C12H26N2O2/c1-2-3-5-13-7-9-14(10-8-13)6-4-12(16)11-15/h12,15-16H,2-11H2,1H3. The Hall–Kier alpha value is -0.160. The molecule has 0 aromatic rings. The Morgan fingerprint density at radius 2 is 1.62 bits per heavy atom. The summed E-state index contributed by atoms with van der Waals surface area (Å²) in [7, 11) is 0. The molecule has 4 nitrogen and oxygen atoms in total. The SMILES string of the molecule is CCCCN1CCN(CCC(O)CO)CC1. The van der Waals surface area contributed by atoms with E-state index in [2.05, 4.69) is 16.7 Å². The van der Waals surface area contributed by atoms with Crippen molar-refractivity contribution in [1.82, 2.24) is 9.80 Å². The number of aliphatic hydroxyl groups excluding tert-OH is 2. The van der Waals surface area contributed by atoms with Crippen molar-refractivity contribution in [3.05, 3.63) is 0 Å². The van der Waals surface area contributed by atoms with Crippen LogP contribution in [0.15, 0.2) is 0 Å². The monoisotopic (exact) mass is 230 g/mol. The van der Waals surface area contributed by atoms with E-state index >= 15 is 0 Å². The molecule has 96 valence electrons. The third-order valence-electron chi connectivity index (χ3n) is 3.28. The molecule has 1 heterocycles. The molecule has 1 aliphatic rings. The lowest BCUT2D eigenvalue weighted by atomic mass is 10.2. The van der Waals surface area contributed by atoms with Gasteiger partial charge in [0.2, 0.25) is 0 Å². The van der Waals surface area contributed by atoms with Gasteiger partial charge in [0.1, 0.15) is 0 Å². The highest BCUT2D eigenvalue weighted by Gasteiger charge is 2.16. The second-order valence-electron chi connectivity index (χ2n) is 4.66. The van der Waals surface area contributed by atoms with Crippen molar-refractivity contribution in [3.8, 4) is 0 Å². The molecule has 0 spiro atoms. The fraction of sp³-hybridized carbons (Fsp3) is 1.00. The van der Waals surface area contributed by atoms with Crippen LogP contribution < -0.4 is 0 Å². The fourth-order valence-corrected chi connectivity index (χ4v) is 2.04. The van der Waals surface area contributed by atoms with E-state index in [1.165, 1.54) is 19.4 Å². The van der Waals surface area contributed by atoms with Gasteiger partial charge in [-0.25, -0.2) is 0 Å². The zero-order chi connectivity index (χ0) is 11.8. The molecular formula is C12H26N2O2. The lowest BCUT2D eigenvalue weighted by Gasteiger charge is -2.34. The van der Waals surface area contributed by atoms with Crippen LogP contribution in [0.1, 0.15) is 26.2 Å². The van der Waals surface area contributed by atoms with Crippen molar-refractivity contribution < 1.29 is 10.2 Å². The molecule has 1 aliphatic heterocycles. The zero-order valence-electron chi connectivity index (χ0n) is 10.4. The topological polar surface area (TPSA) is 46.9 Å². The summed E-state index contributed by atoms with van der Waals surface area (Å²) >= 11 is 0. The Morgan fingerprint density at radius 1 is 1.06 bits per heavy atom. The molecule has 1 fully saturated rings. The van der Waals surface area contributed by atoms with Gasteiger partial charge in [-0.15, -0.1) is 0 Å². The van der Waals surface area contributed by atoms with Crippen LogP contribution in [0.2, 0.25) is 0 Å². The average molecular weight is 230 g/mol. The van der Waals surface area contributed by atoms with Crippen LogP contribution in [0.5, 0.6) is 0 Å². The van der Waals surface area contributed by atoms with E-state index in [9.17, 15) is 5.11 Å². The van der Waals surface area contributed by atoms with E-state index in [1.807, 2.05) is 0 Å². The quantitative estimate of drug-likeness (QED) is 0.653. The summed E-state index contributed by atoms with van der Waals surface area (Å²) in [6.45, 7) is 8.74. The largest absolute Gasteiger partial charge is 0.394 e. The second kappa shape index (κ2) is 8.01. The van der Waals surface area contributed by atoms with Crippen LogP contribution >= 0.6 is 0 Å². The van der Waals surface area contributed by atoms with E-state index in [1.54, 1.807) is 0 Å². The van der Waals surface area contributed by atoms with Crippen molar-refractivity contribution in [1.29, 1.82) is 0 Å². The van der Waals surface area contributed by atoms with Gasteiger partial charge in [-0.05, 0) is 19.4 Å². The van der Waals surface area contributed by atoms with Crippen molar-refractivity contribution in [2.24, 2.45) is 0 Å². The normalized spacial score (nSPS) is 21.2. The van der Waals surface area contributed by atoms with E-state index in [-0.39, 0.29) is 6.61 Å². The molecule has 16 heavy (non-hydrogen) atoms. The first-order valence-corrected chi connectivity index (χ1v) is 6.50. The highest BCUT2D eigenvalue weighted by Crippen LogP contribution is 2.05. The Balaban J connectivity index is 2.07. The maximum absolute atomic E-state index is 9.27. The van der Waals surface area contributed by atoms with Gasteiger partial charge in [0.05, 0.1) is 12.7 Å². The van der Waals surface area contributed by atoms with Crippen LogP contribution in [0.3, 0.4) is 0 Å². The van der Waals surface area contributed by atoms with Crippen LogP contribution in [0.4, 0.5) is 0 Å². The highest BCUT2D eigenvalue weighted by atomic mass is 16.3. The van der Waals surface area contributed by atoms with Gasteiger partial charge < -0.3 is 20.0 Å². The van der Waals surface area contributed by atoms with Gasteiger partial charge in [0.15, 0.2) is 0 Å². The number of piperazine rings is 1. The molecule has 0 aromatic heterocycles. The maximum Gasteiger partial charge on any atom is 0.0783 e. The molecular weight excluding hydrogens is 204 g/mol. The molecule has 0 aliphatic carbocycles. The molecule has 0 saturated carbocycles. The molecule has 4 heteroatoms. The lowest BCUT2D eigenvalue weighted by molar-refractivity contribution is 0.0658. The minimum absolute atomic E-state index is 0.115. The summed E-state index contributed by atoms with van der Waals surface area (Å²) in [5.74, 6) is 0. The number of aliphatic hydroxyl groups is 2. The molecule has 1 unspecified atom stereocenters. The van der Waals surface area contributed by atoms with Gasteiger partial charge in [-0.3, -0.25) is 0 Å². The van der Waals surface area contributed by atoms with Gasteiger partial charge in [0.25, 0.3) is 0 Å². The summed E-state index contributed by atoms with van der Waals surface area (Å²) in [6.07, 6.45) is 2.70.